The molecular weight excluding hydrogens is 339 g/mol. The number of nitrogens with zero attached hydrogens (tertiary/aromatic N) is 2. The molecule has 7 nitrogen and oxygen atoms in total. The number of nitrogens with one attached hydrogen (secondary N) is 1. The van der Waals surface area contributed by atoms with Crippen LogP contribution in [0.15, 0.2) is 29.3 Å². The number of hydrogen-bond donors (Lipinski definition) is 2. The van der Waals surface area contributed by atoms with Crippen LogP contribution in [0.4, 0.5) is 9.18 Å². The van der Waals surface area contributed by atoms with Gasteiger partial charge < -0.3 is 5.73 Å². The zero-order chi connectivity index (χ0) is 18.7. The van der Waals surface area contributed by atoms with Crippen LogP contribution >= 0.6 is 0 Å². The van der Waals surface area contributed by atoms with Crippen LogP contribution in [-0.4, -0.2) is 41.0 Å². The maximum absolute atomic E-state index is 13.0. The van der Waals surface area contributed by atoms with Crippen LogP contribution in [0.2, 0.25) is 0 Å². The summed E-state index contributed by atoms with van der Waals surface area (Å²) in [6, 6.07) is 4.47. The van der Waals surface area contributed by atoms with Crippen molar-refractivity contribution in [3.63, 3.8) is 0 Å². The molecule has 1 aliphatic carbocycles. The predicted octanol–water partition coefficient (Wildman–Crippen LogP) is 1.36. The Balaban J connectivity index is 1.73. The molecule has 138 valence electrons. The second-order valence-corrected chi connectivity index (χ2v) is 6.64. The summed E-state index contributed by atoms with van der Waals surface area (Å²) < 4.78 is 13.0. The monoisotopic (exact) mass is 360 g/mol. The average molecular weight is 360 g/mol. The zero-order valence-electron chi connectivity index (χ0n) is 14.2. The first kappa shape index (κ1) is 18.2. The van der Waals surface area contributed by atoms with Crippen molar-refractivity contribution in [2.45, 2.75) is 44.3 Å². The third-order valence-electron chi connectivity index (χ3n) is 4.75. The third kappa shape index (κ3) is 3.96. The molecule has 1 aromatic rings. The lowest BCUT2D eigenvalue weighted by Crippen LogP contribution is -2.58. The summed E-state index contributed by atoms with van der Waals surface area (Å²) in [6.07, 6.45) is 5.05. The Morgan fingerprint density at radius 3 is 2.58 bits per heavy atom. The van der Waals surface area contributed by atoms with E-state index in [0.29, 0.717) is 5.56 Å². The van der Waals surface area contributed by atoms with Gasteiger partial charge in [-0.15, -0.1) is 0 Å². The molecule has 0 bridgehead atoms. The molecule has 1 aliphatic heterocycles. The minimum absolute atomic E-state index is 0.0501. The summed E-state index contributed by atoms with van der Waals surface area (Å²) in [5.74, 6) is -2.91. The third-order valence-corrected chi connectivity index (χ3v) is 4.75. The van der Waals surface area contributed by atoms with Crippen molar-refractivity contribution in [1.29, 1.82) is 0 Å². The van der Waals surface area contributed by atoms with Crippen LogP contribution < -0.4 is 11.1 Å². The van der Waals surface area contributed by atoms with E-state index in [4.69, 9.17) is 5.73 Å². The van der Waals surface area contributed by atoms with Gasteiger partial charge >= 0.3 is 6.03 Å². The van der Waals surface area contributed by atoms with Gasteiger partial charge in [-0.05, 0) is 30.5 Å². The number of amides is 4. The predicted molar refractivity (Wildman–Crippen MR) is 92.7 cm³/mol. The normalized spacial score (nSPS) is 27.1. The van der Waals surface area contributed by atoms with Crippen LogP contribution in [0.3, 0.4) is 0 Å². The number of hydrogen-bond acceptors (Lipinski definition) is 5. The summed E-state index contributed by atoms with van der Waals surface area (Å²) in [6.45, 7) is -0.0501. The minimum Gasteiger partial charge on any atom is -0.326 e. The van der Waals surface area contributed by atoms with Crippen molar-refractivity contribution in [3.8, 4) is 0 Å². The summed E-state index contributed by atoms with van der Waals surface area (Å²) in [5, 5.41) is 2.17. The largest absolute Gasteiger partial charge is 0.331 e. The van der Waals surface area contributed by atoms with E-state index >= 15 is 0 Å². The van der Waals surface area contributed by atoms with Gasteiger partial charge in [-0.3, -0.25) is 24.8 Å². The van der Waals surface area contributed by atoms with Gasteiger partial charge in [0.15, 0.2) is 5.92 Å². The fourth-order valence-electron chi connectivity index (χ4n) is 3.21. The molecule has 2 fully saturated rings. The molecule has 8 heteroatoms. The van der Waals surface area contributed by atoms with E-state index in [1.54, 1.807) is 0 Å². The van der Waals surface area contributed by atoms with Crippen molar-refractivity contribution in [2.75, 3.05) is 0 Å². The van der Waals surface area contributed by atoms with E-state index in [1.807, 2.05) is 0 Å². The number of barbiturate groups is 1. The first-order valence-electron chi connectivity index (χ1n) is 8.65. The van der Waals surface area contributed by atoms with Gasteiger partial charge in [0.1, 0.15) is 5.82 Å². The van der Waals surface area contributed by atoms with E-state index in [2.05, 4.69) is 10.3 Å². The Morgan fingerprint density at radius 2 is 1.88 bits per heavy atom. The number of nitrogens with two attached hydrogens (primary N) is 1. The molecule has 3 rings (SSSR count). The first-order chi connectivity index (χ1) is 12.5. The van der Waals surface area contributed by atoms with Gasteiger partial charge in [0, 0.05) is 12.3 Å². The van der Waals surface area contributed by atoms with E-state index in [1.165, 1.54) is 30.5 Å². The SMILES string of the molecule is N[C@@H]1CCCC[C@@H]1N=C[C@H]1C(=O)NC(=O)N(Cc2ccc(F)cc2)C1=O. The average Bonchev–Trinajstić information content (AvgIpc) is 2.61. The lowest BCUT2D eigenvalue weighted by Gasteiger charge is -2.29. The molecule has 0 radical (unpaired) electrons. The molecule has 4 amide bonds. The lowest BCUT2D eigenvalue weighted by atomic mass is 9.91. The van der Waals surface area contributed by atoms with Crippen LogP contribution in [-0.2, 0) is 16.1 Å². The standard InChI is InChI=1S/C18H21FN4O3/c19-12-7-5-11(6-8-12)10-23-17(25)13(16(24)22-18(23)26)9-21-15-4-2-1-3-14(15)20/h5-9,13-15H,1-4,10,20H2,(H,22,24,26)/t13-,14+,15-/m0/s1. The minimum atomic E-state index is -1.16. The molecule has 3 atom stereocenters. The van der Waals surface area contributed by atoms with Crippen molar-refractivity contribution in [1.82, 2.24) is 10.2 Å². The number of carbonyl (C=O) groups is 3. The number of aliphatic imine (C=N–C) groups is 1. The highest BCUT2D eigenvalue weighted by atomic mass is 19.1. The maximum Gasteiger partial charge on any atom is 0.331 e. The van der Waals surface area contributed by atoms with Crippen LogP contribution in [0.5, 0.6) is 0 Å². The molecule has 0 unspecified atom stereocenters. The van der Waals surface area contributed by atoms with Gasteiger partial charge in [0.05, 0.1) is 12.6 Å². The molecule has 1 saturated carbocycles. The molecule has 26 heavy (non-hydrogen) atoms. The van der Waals surface area contributed by atoms with Gasteiger partial charge in [0.2, 0.25) is 11.8 Å². The van der Waals surface area contributed by atoms with Crippen LogP contribution in [0, 0.1) is 11.7 Å². The van der Waals surface area contributed by atoms with E-state index < -0.39 is 29.6 Å². The van der Waals surface area contributed by atoms with Gasteiger partial charge in [-0.25, -0.2) is 9.18 Å². The van der Waals surface area contributed by atoms with E-state index in [-0.39, 0.29) is 18.6 Å². The topological polar surface area (TPSA) is 105 Å². The maximum atomic E-state index is 13.0. The van der Waals surface area contributed by atoms with Crippen molar-refractivity contribution in [3.05, 3.63) is 35.6 Å². The quantitative estimate of drug-likeness (QED) is 0.625. The molecule has 2 aliphatic rings. The summed E-state index contributed by atoms with van der Waals surface area (Å²) in [5.41, 5.74) is 6.61. The fraction of sp³-hybridized carbons (Fsp3) is 0.444. The Kier molecular flexibility index (Phi) is 5.41. The number of urea groups is 1. The van der Waals surface area contributed by atoms with Crippen molar-refractivity contribution in [2.24, 2.45) is 16.6 Å². The molecule has 0 aromatic heterocycles. The molecule has 0 spiro atoms. The molecular formula is C18H21FN4O3. The highest BCUT2D eigenvalue weighted by Crippen LogP contribution is 2.20. The number of benzene rings is 1. The van der Waals surface area contributed by atoms with E-state index in [0.717, 1.165) is 30.6 Å². The lowest BCUT2D eigenvalue weighted by molar-refractivity contribution is -0.139. The Hall–Kier alpha value is -2.61. The van der Waals surface area contributed by atoms with Crippen LogP contribution in [0.1, 0.15) is 31.2 Å². The number of rotatable bonds is 4. The summed E-state index contributed by atoms with van der Waals surface area (Å²) >= 11 is 0. The highest BCUT2D eigenvalue weighted by molar-refractivity contribution is 6.23. The Labute approximate surface area is 150 Å². The van der Waals surface area contributed by atoms with Gasteiger partial charge in [-0.1, -0.05) is 25.0 Å². The fourth-order valence-corrected chi connectivity index (χ4v) is 3.21. The van der Waals surface area contributed by atoms with Crippen molar-refractivity contribution < 1.29 is 18.8 Å². The van der Waals surface area contributed by atoms with Crippen molar-refractivity contribution >= 4 is 24.1 Å². The molecule has 3 N–H and O–H groups in total. The molecule has 1 aromatic carbocycles. The smallest absolute Gasteiger partial charge is 0.326 e. The second kappa shape index (κ2) is 7.74. The van der Waals surface area contributed by atoms with E-state index in [9.17, 15) is 18.8 Å². The molecule has 1 heterocycles. The number of halogens is 1. The van der Waals surface area contributed by atoms with Gasteiger partial charge in [0.25, 0.3) is 0 Å². The first-order valence-corrected chi connectivity index (χ1v) is 8.65. The Morgan fingerprint density at radius 1 is 1.19 bits per heavy atom. The van der Waals surface area contributed by atoms with Crippen LogP contribution in [0.25, 0.3) is 0 Å². The van der Waals surface area contributed by atoms with Gasteiger partial charge in [-0.2, -0.15) is 0 Å². The second-order valence-electron chi connectivity index (χ2n) is 6.64. The molecule has 1 saturated heterocycles. The number of carbonyl (C=O) groups excluding carboxylic acids is 3. The Bertz CT molecular complexity index is 734. The zero-order valence-corrected chi connectivity index (χ0v) is 14.2. The summed E-state index contributed by atoms with van der Waals surface area (Å²) in [4.78, 5) is 42.0. The highest BCUT2D eigenvalue weighted by Gasteiger charge is 2.39. The summed E-state index contributed by atoms with van der Waals surface area (Å²) in [7, 11) is 0. The number of imide groups is 2.